The van der Waals surface area contributed by atoms with Crippen LogP contribution in [0.1, 0.15) is 24.4 Å². The average Bonchev–Trinajstić information content (AvgIpc) is 2.98. The summed E-state index contributed by atoms with van der Waals surface area (Å²) in [4.78, 5) is 11.4. The van der Waals surface area contributed by atoms with E-state index < -0.39 is 0 Å². The summed E-state index contributed by atoms with van der Waals surface area (Å²) in [5.74, 6) is 0.607. The van der Waals surface area contributed by atoms with Crippen molar-refractivity contribution in [2.75, 3.05) is 5.32 Å². The molecular weight excluding hydrogens is 212 g/mol. The molecule has 0 aromatic heterocycles. The Bertz CT molecular complexity index is 429. The molecule has 1 aromatic rings. The van der Waals surface area contributed by atoms with Crippen LogP contribution in [0.4, 0.5) is 10.5 Å². The van der Waals surface area contributed by atoms with Crippen molar-refractivity contribution in [2.45, 2.75) is 18.9 Å². The van der Waals surface area contributed by atoms with Crippen LogP contribution in [0, 0.1) is 5.92 Å². The highest BCUT2D eigenvalue weighted by Crippen LogP contribution is 2.44. The number of urea groups is 1. The molecule has 3 rings (SSSR count). The third kappa shape index (κ3) is 1.57. The number of rotatable bonds is 1. The molecule has 2 aliphatic rings. The highest BCUT2D eigenvalue weighted by atomic mass is 35.5. The minimum Gasteiger partial charge on any atom is -0.331 e. The van der Waals surface area contributed by atoms with E-state index in [0.29, 0.717) is 10.9 Å². The molecule has 1 saturated carbocycles. The van der Waals surface area contributed by atoms with E-state index >= 15 is 0 Å². The number of fused-ring (bicyclic) bond motifs is 1. The number of halogens is 1. The largest absolute Gasteiger partial charge is 0.331 e. The highest BCUT2D eigenvalue weighted by molar-refractivity contribution is 6.31. The van der Waals surface area contributed by atoms with Gasteiger partial charge in [-0.05, 0) is 36.5 Å². The summed E-state index contributed by atoms with van der Waals surface area (Å²) < 4.78 is 0. The van der Waals surface area contributed by atoms with Crippen LogP contribution in [0.15, 0.2) is 18.2 Å². The molecule has 2 amide bonds. The minimum atomic E-state index is -0.123. The third-order valence-corrected chi connectivity index (χ3v) is 3.21. The van der Waals surface area contributed by atoms with E-state index in [-0.39, 0.29) is 12.1 Å². The van der Waals surface area contributed by atoms with Gasteiger partial charge in [-0.2, -0.15) is 0 Å². The first-order valence-corrected chi connectivity index (χ1v) is 5.49. The number of hydrogen-bond acceptors (Lipinski definition) is 1. The van der Waals surface area contributed by atoms with Gasteiger partial charge in [-0.3, -0.25) is 0 Å². The number of hydrogen-bond donors (Lipinski definition) is 2. The quantitative estimate of drug-likeness (QED) is 0.754. The van der Waals surface area contributed by atoms with Gasteiger partial charge in [0.25, 0.3) is 0 Å². The summed E-state index contributed by atoms with van der Waals surface area (Å²) in [6.07, 6.45) is 2.40. The number of carbonyl (C=O) groups is 1. The second-order valence-corrected chi connectivity index (χ2v) is 4.58. The van der Waals surface area contributed by atoms with Crippen LogP contribution in [0.3, 0.4) is 0 Å². The van der Waals surface area contributed by atoms with Crippen LogP contribution in [-0.4, -0.2) is 6.03 Å². The predicted molar refractivity (Wildman–Crippen MR) is 59.1 cm³/mol. The highest BCUT2D eigenvalue weighted by Gasteiger charge is 2.37. The van der Waals surface area contributed by atoms with Crippen molar-refractivity contribution >= 4 is 23.3 Å². The Hall–Kier alpha value is -1.22. The number of anilines is 1. The summed E-state index contributed by atoms with van der Waals surface area (Å²) in [5.41, 5.74) is 2.00. The maximum absolute atomic E-state index is 11.4. The lowest BCUT2D eigenvalue weighted by atomic mass is 9.99. The van der Waals surface area contributed by atoms with Gasteiger partial charge < -0.3 is 10.6 Å². The lowest BCUT2D eigenvalue weighted by molar-refractivity contribution is 0.245. The van der Waals surface area contributed by atoms with Crippen molar-refractivity contribution in [3.8, 4) is 0 Å². The Morgan fingerprint density at radius 1 is 1.33 bits per heavy atom. The van der Waals surface area contributed by atoms with Crippen molar-refractivity contribution in [3.05, 3.63) is 28.8 Å². The van der Waals surface area contributed by atoms with Gasteiger partial charge in [-0.1, -0.05) is 17.7 Å². The van der Waals surface area contributed by atoms with Crippen molar-refractivity contribution in [3.63, 3.8) is 0 Å². The van der Waals surface area contributed by atoms with Crippen LogP contribution in [0.2, 0.25) is 5.02 Å². The monoisotopic (exact) mass is 222 g/mol. The molecule has 3 nitrogen and oxygen atoms in total. The van der Waals surface area contributed by atoms with Gasteiger partial charge in [0.15, 0.2) is 0 Å². The van der Waals surface area contributed by atoms with E-state index in [1.54, 1.807) is 0 Å². The Kier molecular flexibility index (Phi) is 1.89. The molecule has 1 unspecified atom stereocenters. The molecule has 0 bridgehead atoms. The van der Waals surface area contributed by atoms with E-state index in [2.05, 4.69) is 10.6 Å². The molecule has 1 heterocycles. The first-order chi connectivity index (χ1) is 7.24. The molecular formula is C11H11ClN2O. The summed E-state index contributed by atoms with van der Waals surface area (Å²) in [6, 6.07) is 5.72. The fourth-order valence-corrected chi connectivity index (χ4v) is 2.26. The van der Waals surface area contributed by atoms with Crippen molar-refractivity contribution in [1.29, 1.82) is 0 Å². The van der Waals surface area contributed by atoms with Gasteiger partial charge in [0.05, 0.1) is 6.04 Å². The summed E-state index contributed by atoms with van der Waals surface area (Å²) in [7, 11) is 0. The Balaban J connectivity index is 2.05. The van der Waals surface area contributed by atoms with Gasteiger partial charge in [0, 0.05) is 10.7 Å². The van der Waals surface area contributed by atoms with Crippen LogP contribution in [0.25, 0.3) is 0 Å². The normalized spacial score (nSPS) is 24.1. The van der Waals surface area contributed by atoms with Crippen LogP contribution in [-0.2, 0) is 0 Å². The van der Waals surface area contributed by atoms with Crippen molar-refractivity contribution in [1.82, 2.24) is 5.32 Å². The molecule has 1 atom stereocenters. The number of benzene rings is 1. The van der Waals surface area contributed by atoms with Crippen molar-refractivity contribution < 1.29 is 4.79 Å². The molecule has 1 aliphatic carbocycles. The number of nitrogens with one attached hydrogen (secondary N) is 2. The fraction of sp³-hybridized carbons (Fsp3) is 0.364. The summed E-state index contributed by atoms with van der Waals surface area (Å²) in [6.45, 7) is 0. The number of amides is 2. The third-order valence-electron chi connectivity index (χ3n) is 2.98. The Morgan fingerprint density at radius 3 is 2.87 bits per heavy atom. The molecule has 1 aliphatic heterocycles. The smallest absolute Gasteiger partial charge is 0.319 e. The van der Waals surface area contributed by atoms with E-state index in [1.165, 1.54) is 12.8 Å². The Labute approximate surface area is 92.8 Å². The van der Waals surface area contributed by atoms with E-state index in [4.69, 9.17) is 11.6 Å². The second-order valence-electron chi connectivity index (χ2n) is 4.15. The molecule has 0 saturated heterocycles. The van der Waals surface area contributed by atoms with E-state index in [0.717, 1.165) is 11.3 Å². The zero-order valence-corrected chi connectivity index (χ0v) is 8.84. The first-order valence-electron chi connectivity index (χ1n) is 5.11. The van der Waals surface area contributed by atoms with Crippen molar-refractivity contribution in [2.24, 2.45) is 5.92 Å². The van der Waals surface area contributed by atoms with Gasteiger partial charge in [-0.15, -0.1) is 0 Å². The molecule has 1 aromatic carbocycles. The Morgan fingerprint density at radius 2 is 2.13 bits per heavy atom. The van der Waals surface area contributed by atoms with E-state index in [9.17, 15) is 4.79 Å². The SMILES string of the molecule is O=C1Nc2cc(Cl)ccc2C(C2CC2)N1. The van der Waals surface area contributed by atoms with E-state index in [1.807, 2.05) is 18.2 Å². The lowest BCUT2D eigenvalue weighted by Crippen LogP contribution is -2.38. The summed E-state index contributed by atoms with van der Waals surface area (Å²) in [5, 5.41) is 6.40. The van der Waals surface area contributed by atoms with Gasteiger partial charge in [0.2, 0.25) is 0 Å². The molecule has 15 heavy (non-hydrogen) atoms. The maximum Gasteiger partial charge on any atom is 0.319 e. The molecule has 0 spiro atoms. The lowest BCUT2D eigenvalue weighted by Gasteiger charge is -2.27. The number of carbonyl (C=O) groups excluding carboxylic acids is 1. The van der Waals surface area contributed by atoms with Gasteiger partial charge >= 0.3 is 6.03 Å². The topological polar surface area (TPSA) is 41.1 Å². The van der Waals surface area contributed by atoms with Crippen LogP contribution in [0.5, 0.6) is 0 Å². The minimum absolute atomic E-state index is 0.123. The second kappa shape index (κ2) is 3.14. The molecule has 78 valence electrons. The fourth-order valence-electron chi connectivity index (χ4n) is 2.09. The average molecular weight is 223 g/mol. The standard InChI is InChI=1S/C11H11ClN2O/c12-7-3-4-8-9(5-7)13-11(15)14-10(8)6-1-2-6/h3-6,10H,1-2H2,(H2,13,14,15). The molecule has 2 N–H and O–H groups in total. The van der Waals surface area contributed by atoms with Crippen LogP contribution >= 0.6 is 11.6 Å². The van der Waals surface area contributed by atoms with Gasteiger partial charge in [0.1, 0.15) is 0 Å². The maximum atomic E-state index is 11.4. The molecule has 0 radical (unpaired) electrons. The zero-order valence-electron chi connectivity index (χ0n) is 8.09. The predicted octanol–water partition coefficient (Wildman–Crippen LogP) is 2.93. The molecule has 4 heteroatoms. The van der Waals surface area contributed by atoms with Crippen LogP contribution < -0.4 is 10.6 Å². The zero-order chi connectivity index (χ0) is 10.4. The first kappa shape index (κ1) is 9.04. The summed E-state index contributed by atoms with van der Waals surface area (Å²) >= 11 is 5.90. The van der Waals surface area contributed by atoms with Gasteiger partial charge in [-0.25, -0.2) is 4.79 Å². The molecule has 1 fully saturated rings.